The van der Waals surface area contributed by atoms with Crippen LogP contribution in [0.3, 0.4) is 0 Å². The van der Waals surface area contributed by atoms with Gasteiger partial charge in [0.2, 0.25) is 5.91 Å². The third kappa shape index (κ3) is 2.30. The van der Waals surface area contributed by atoms with Crippen LogP contribution in [0, 0.1) is 11.3 Å². The molecule has 104 valence electrons. The van der Waals surface area contributed by atoms with Crippen LogP contribution in [0.4, 0.5) is 0 Å². The first kappa shape index (κ1) is 13.1. The van der Waals surface area contributed by atoms with E-state index in [9.17, 15) is 4.79 Å². The maximum Gasteiger partial charge on any atom is 0.230 e. The van der Waals surface area contributed by atoms with Gasteiger partial charge in [0.15, 0.2) is 0 Å². The molecule has 2 heterocycles. The van der Waals surface area contributed by atoms with E-state index in [1.54, 1.807) is 11.3 Å². The summed E-state index contributed by atoms with van der Waals surface area (Å²) in [6, 6.07) is 0. The van der Waals surface area contributed by atoms with Crippen LogP contribution in [0.25, 0.3) is 0 Å². The number of hydrogen-bond donors (Lipinski definition) is 1. The molecular weight excluding hydrogens is 258 g/mol. The predicted molar refractivity (Wildman–Crippen MR) is 75.8 cm³/mol. The second-order valence-corrected chi connectivity index (χ2v) is 6.59. The Kier molecular flexibility index (Phi) is 3.58. The second kappa shape index (κ2) is 5.21. The molecule has 0 bridgehead atoms. The lowest BCUT2D eigenvalue weighted by molar-refractivity contribution is -0.144. The minimum absolute atomic E-state index is 0.136. The molecule has 2 atom stereocenters. The Morgan fingerprint density at radius 3 is 3.32 bits per heavy atom. The van der Waals surface area contributed by atoms with Crippen molar-refractivity contribution in [2.45, 2.75) is 32.2 Å². The lowest BCUT2D eigenvalue weighted by atomic mass is 9.67. The highest BCUT2D eigenvalue weighted by molar-refractivity contribution is 7.07. The smallest absolute Gasteiger partial charge is 0.230 e. The number of rotatable bonds is 3. The Morgan fingerprint density at radius 1 is 1.63 bits per heavy atom. The van der Waals surface area contributed by atoms with Crippen LogP contribution < -0.4 is 5.32 Å². The number of nitrogens with zero attached hydrogens (tertiary/aromatic N) is 2. The minimum Gasteiger partial charge on any atom is -0.339 e. The standard InChI is InChI=1S/C14H21N3OS/c1-17(7-12-8-19-10-16-12)13(18)14-5-3-2-4-11(14)6-15-9-14/h8,10-11,15H,2-7,9H2,1H3/t11-,14+/m0/s1. The molecule has 19 heavy (non-hydrogen) atoms. The molecule has 1 aliphatic heterocycles. The zero-order valence-corrected chi connectivity index (χ0v) is 12.2. The Bertz CT molecular complexity index is 448. The fraction of sp³-hybridized carbons (Fsp3) is 0.714. The van der Waals surface area contributed by atoms with Crippen LogP contribution in [0.1, 0.15) is 31.4 Å². The first-order chi connectivity index (χ1) is 9.22. The Labute approximate surface area is 118 Å². The van der Waals surface area contributed by atoms with Gasteiger partial charge in [0.05, 0.1) is 23.2 Å². The van der Waals surface area contributed by atoms with Crippen molar-refractivity contribution in [1.29, 1.82) is 0 Å². The van der Waals surface area contributed by atoms with E-state index in [2.05, 4.69) is 10.3 Å². The van der Waals surface area contributed by atoms with Gasteiger partial charge in [-0.3, -0.25) is 4.79 Å². The number of hydrogen-bond acceptors (Lipinski definition) is 4. The highest BCUT2D eigenvalue weighted by Crippen LogP contribution is 2.45. The fourth-order valence-corrected chi connectivity index (χ4v) is 4.23. The monoisotopic (exact) mass is 279 g/mol. The molecule has 1 aromatic heterocycles. The summed E-state index contributed by atoms with van der Waals surface area (Å²) in [4.78, 5) is 19.0. The molecule has 5 heteroatoms. The number of thiazole rings is 1. The van der Waals surface area contributed by atoms with Gasteiger partial charge in [-0.25, -0.2) is 4.98 Å². The number of nitrogens with one attached hydrogen (secondary N) is 1. The largest absolute Gasteiger partial charge is 0.339 e. The second-order valence-electron chi connectivity index (χ2n) is 5.87. The molecule has 1 saturated carbocycles. The molecule has 2 aliphatic rings. The van der Waals surface area contributed by atoms with Gasteiger partial charge in [-0.15, -0.1) is 11.3 Å². The van der Waals surface area contributed by atoms with E-state index in [0.717, 1.165) is 25.2 Å². The molecular formula is C14H21N3OS. The van der Waals surface area contributed by atoms with Gasteiger partial charge < -0.3 is 10.2 Å². The highest BCUT2D eigenvalue weighted by atomic mass is 32.1. The van der Waals surface area contributed by atoms with Crippen LogP contribution in [0.2, 0.25) is 0 Å². The van der Waals surface area contributed by atoms with Crippen molar-refractivity contribution >= 4 is 17.2 Å². The molecule has 1 aliphatic carbocycles. The highest BCUT2D eigenvalue weighted by Gasteiger charge is 2.50. The first-order valence-electron chi connectivity index (χ1n) is 7.06. The molecule has 0 spiro atoms. The fourth-order valence-electron chi connectivity index (χ4n) is 3.68. The van der Waals surface area contributed by atoms with E-state index in [1.807, 2.05) is 22.8 Å². The van der Waals surface area contributed by atoms with Gasteiger partial charge in [-0.1, -0.05) is 12.8 Å². The maximum atomic E-state index is 12.9. The van der Waals surface area contributed by atoms with Crippen molar-refractivity contribution in [3.05, 3.63) is 16.6 Å². The lowest BCUT2D eigenvalue weighted by Crippen LogP contribution is -2.48. The van der Waals surface area contributed by atoms with Gasteiger partial charge in [0.1, 0.15) is 0 Å². The normalized spacial score (nSPS) is 30.1. The molecule has 3 rings (SSSR count). The van der Waals surface area contributed by atoms with Gasteiger partial charge in [0, 0.05) is 19.0 Å². The van der Waals surface area contributed by atoms with Crippen molar-refractivity contribution < 1.29 is 4.79 Å². The van der Waals surface area contributed by atoms with Crippen molar-refractivity contribution in [2.75, 3.05) is 20.1 Å². The van der Waals surface area contributed by atoms with E-state index in [1.165, 1.54) is 19.3 Å². The number of aromatic nitrogens is 1. The number of carbonyl (C=O) groups excluding carboxylic acids is 1. The third-order valence-electron chi connectivity index (χ3n) is 4.69. The van der Waals surface area contributed by atoms with Crippen molar-refractivity contribution in [3.63, 3.8) is 0 Å². The molecule has 1 saturated heterocycles. The summed E-state index contributed by atoms with van der Waals surface area (Å²) in [5.41, 5.74) is 2.69. The van der Waals surface area contributed by atoms with Gasteiger partial charge in [0.25, 0.3) is 0 Å². The summed E-state index contributed by atoms with van der Waals surface area (Å²) >= 11 is 1.59. The zero-order valence-electron chi connectivity index (χ0n) is 11.4. The van der Waals surface area contributed by atoms with Gasteiger partial charge >= 0.3 is 0 Å². The molecule has 0 aromatic carbocycles. The number of fused-ring (bicyclic) bond motifs is 1. The predicted octanol–water partition coefficient (Wildman–Crippen LogP) is 1.88. The molecule has 1 N–H and O–H groups in total. The van der Waals surface area contributed by atoms with E-state index in [4.69, 9.17) is 0 Å². The molecule has 2 fully saturated rings. The summed E-state index contributed by atoms with van der Waals surface area (Å²) in [5.74, 6) is 0.849. The average Bonchev–Trinajstić information content (AvgIpc) is 3.06. The summed E-state index contributed by atoms with van der Waals surface area (Å²) in [6.07, 6.45) is 4.71. The van der Waals surface area contributed by atoms with Gasteiger partial charge in [-0.2, -0.15) is 0 Å². The quantitative estimate of drug-likeness (QED) is 0.919. The van der Waals surface area contributed by atoms with Crippen molar-refractivity contribution in [1.82, 2.24) is 15.2 Å². The Morgan fingerprint density at radius 2 is 2.53 bits per heavy atom. The first-order valence-corrected chi connectivity index (χ1v) is 8.00. The van der Waals surface area contributed by atoms with Crippen LogP contribution in [-0.4, -0.2) is 35.9 Å². The maximum absolute atomic E-state index is 12.9. The lowest BCUT2D eigenvalue weighted by Gasteiger charge is -2.39. The van der Waals surface area contributed by atoms with Crippen LogP contribution in [-0.2, 0) is 11.3 Å². The summed E-state index contributed by atoms with van der Waals surface area (Å²) in [7, 11) is 1.92. The van der Waals surface area contributed by atoms with Crippen molar-refractivity contribution in [2.24, 2.45) is 11.3 Å². The van der Waals surface area contributed by atoms with Crippen molar-refractivity contribution in [3.8, 4) is 0 Å². The van der Waals surface area contributed by atoms with E-state index < -0.39 is 0 Å². The molecule has 0 radical (unpaired) electrons. The van der Waals surface area contributed by atoms with E-state index >= 15 is 0 Å². The summed E-state index contributed by atoms with van der Waals surface area (Å²) in [5, 5.41) is 5.46. The molecule has 4 nitrogen and oxygen atoms in total. The third-order valence-corrected chi connectivity index (χ3v) is 5.33. The minimum atomic E-state index is -0.136. The molecule has 1 aromatic rings. The SMILES string of the molecule is CN(Cc1cscn1)C(=O)[C@@]12CCCC[C@H]1CNC2. The average molecular weight is 279 g/mol. The zero-order chi connectivity index (χ0) is 13.3. The van der Waals surface area contributed by atoms with Crippen LogP contribution in [0.5, 0.6) is 0 Å². The topological polar surface area (TPSA) is 45.2 Å². The summed E-state index contributed by atoms with van der Waals surface area (Å²) < 4.78 is 0. The van der Waals surface area contributed by atoms with E-state index in [0.29, 0.717) is 18.4 Å². The Balaban J connectivity index is 1.74. The summed E-state index contributed by atoms with van der Waals surface area (Å²) in [6.45, 7) is 2.50. The van der Waals surface area contributed by atoms with Gasteiger partial charge in [-0.05, 0) is 25.3 Å². The molecule has 1 amide bonds. The van der Waals surface area contributed by atoms with Crippen LogP contribution in [0.15, 0.2) is 10.9 Å². The molecule has 0 unspecified atom stereocenters. The Hall–Kier alpha value is -0.940. The van der Waals surface area contributed by atoms with E-state index in [-0.39, 0.29) is 5.41 Å². The van der Waals surface area contributed by atoms with Crippen LogP contribution >= 0.6 is 11.3 Å². The number of carbonyl (C=O) groups is 1. The number of amides is 1.